The van der Waals surface area contributed by atoms with Crippen molar-refractivity contribution in [2.75, 3.05) is 23.6 Å². The second kappa shape index (κ2) is 6.95. The molecular formula is C10H17N3S2. The van der Waals surface area contributed by atoms with Crippen molar-refractivity contribution in [3.8, 4) is 0 Å². The molecule has 0 aliphatic rings. The van der Waals surface area contributed by atoms with Crippen LogP contribution in [0.5, 0.6) is 0 Å². The lowest BCUT2D eigenvalue weighted by molar-refractivity contribution is 0.764. The molecule has 5 heteroatoms. The van der Waals surface area contributed by atoms with Crippen LogP contribution in [0.3, 0.4) is 0 Å². The number of hydrogen-bond donors (Lipinski definition) is 1. The summed E-state index contributed by atoms with van der Waals surface area (Å²) in [6, 6.07) is 2.45. The lowest BCUT2D eigenvalue weighted by Gasteiger charge is -2.13. The number of anilines is 1. The molecule has 1 atom stereocenters. The molecule has 0 aliphatic carbocycles. The SMILES string of the molecule is CSCCC(C)Nc1cc(SC)ncn1. The van der Waals surface area contributed by atoms with Crippen LogP contribution in [0.1, 0.15) is 13.3 Å². The minimum atomic E-state index is 0.460. The highest BCUT2D eigenvalue weighted by Crippen LogP contribution is 2.15. The average molecular weight is 243 g/mol. The molecule has 1 heterocycles. The molecule has 0 bridgehead atoms. The van der Waals surface area contributed by atoms with Crippen molar-refractivity contribution in [2.24, 2.45) is 0 Å². The summed E-state index contributed by atoms with van der Waals surface area (Å²) in [5.41, 5.74) is 0. The van der Waals surface area contributed by atoms with E-state index in [1.807, 2.05) is 24.1 Å². The maximum Gasteiger partial charge on any atom is 0.130 e. The molecule has 0 aromatic carbocycles. The monoisotopic (exact) mass is 243 g/mol. The van der Waals surface area contributed by atoms with Crippen LogP contribution in [-0.2, 0) is 0 Å². The summed E-state index contributed by atoms with van der Waals surface area (Å²) in [6.07, 6.45) is 6.90. The van der Waals surface area contributed by atoms with Gasteiger partial charge in [-0.15, -0.1) is 11.8 Å². The second-order valence-corrected chi connectivity index (χ2v) is 5.08. The fourth-order valence-corrected chi connectivity index (χ4v) is 2.12. The van der Waals surface area contributed by atoms with Gasteiger partial charge in [-0.1, -0.05) is 0 Å². The Morgan fingerprint density at radius 2 is 2.20 bits per heavy atom. The topological polar surface area (TPSA) is 37.8 Å². The first-order valence-electron chi connectivity index (χ1n) is 4.87. The number of hydrogen-bond acceptors (Lipinski definition) is 5. The van der Waals surface area contributed by atoms with E-state index in [1.54, 1.807) is 18.1 Å². The maximum atomic E-state index is 4.19. The fraction of sp³-hybridized carbons (Fsp3) is 0.600. The highest BCUT2D eigenvalue weighted by molar-refractivity contribution is 7.98. The van der Waals surface area contributed by atoms with Gasteiger partial charge in [-0.05, 0) is 31.6 Å². The van der Waals surface area contributed by atoms with E-state index in [0.717, 1.165) is 17.3 Å². The van der Waals surface area contributed by atoms with Crippen molar-refractivity contribution >= 4 is 29.3 Å². The van der Waals surface area contributed by atoms with Gasteiger partial charge in [0.05, 0.1) is 0 Å². The first-order chi connectivity index (χ1) is 7.26. The average Bonchev–Trinajstić information content (AvgIpc) is 2.26. The smallest absolute Gasteiger partial charge is 0.130 e. The maximum absolute atomic E-state index is 4.19. The summed E-state index contributed by atoms with van der Waals surface area (Å²) >= 11 is 3.50. The summed E-state index contributed by atoms with van der Waals surface area (Å²) in [7, 11) is 0. The van der Waals surface area contributed by atoms with Crippen molar-refractivity contribution < 1.29 is 0 Å². The fourth-order valence-electron chi connectivity index (χ4n) is 1.15. The van der Waals surface area contributed by atoms with E-state index in [2.05, 4.69) is 28.5 Å². The van der Waals surface area contributed by atoms with Crippen LogP contribution in [0.15, 0.2) is 17.4 Å². The molecule has 84 valence electrons. The predicted molar refractivity (Wildman–Crippen MR) is 69.9 cm³/mol. The first kappa shape index (κ1) is 12.6. The number of rotatable bonds is 6. The summed E-state index contributed by atoms with van der Waals surface area (Å²) in [4.78, 5) is 8.33. The van der Waals surface area contributed by atoms with Crippen LogP contribution in [-0.4, -0.2) is 34.3 Å². The lowest BCUT2D eigenvalue weighted by atomic mass is 10.2. The molecule has 0 fully saturated rings. The normalized spacial score (nSPS) is 12.5. The van der Waals surface area contributed by atoms with Crippen molar-refractivity contribution in [1.29, 1.82) is 0 Å². The van der Waals surface area contributed by atoms with Gasteiger partial charge in [0.2, 0.25) is 0 Å². The number of thioether (sulfide) groups is 2. The summed E-state index contributed by atoms with van der Waals surface area (Å²) in [5, 5.41) is 4.38. The predicted octanol–water partition coefficient (Wildman–Crippen LogP) is 2.75. The van der Waals surface area contributed by atoms with Crippen LogP contribution >= 0.6 is 23.5 Å². The van der Waals surface area contributed by atoms with E-state index >= 15 is 0 Å². The minimum absolute atomic E-state index is 0.460. The third-order valence-electron chi connectivity index (χ3n) is 2.00. The molecule has 15 heavy (non-hydrogen) atoms. The Labute approximate surface area is 99.9 Å². The Balaban J connectivity index is 2.48. The van der Waals surface area contributed by atoms with Crippen molar-refractivity contribution in [3.05, 3.63) is 12.4 Å². The van der Waals surface area contributed by atoms with Crippen molar-refractivity contribution in [3.63, 3.8) is 0 Å². The van der Waals surface area contributed by atoms with E-state index in [1.165, 1.54) is 5.75 Å². The van der Waals surface area contributed by atoms with Gasteiger partial charge >= 0.3 is 0 Å². The molecule has 0 spiro atoms. The summed E-state index contributed by atoms with van der Waals surface area (Å²) in [5.74, 6) is 2.09. The Hall–Kier alpha value is -0.420. The van der Waals surface area contributed by atoms with Crippen LogP contribution < -0.4 is 5.32 Å². The largest absolute Gasteiger partial charge is 0.367 e. The minimum Gasteiger partial charge on any atom is -0.367 e. The first-order valence-corrected chi connectivity index (χ1v) is 7.49. The molecule has 0 amide bonds. The van der Waals surface area contributed by atoms with Gasteiger partial charge < -0.3 is 5.32 Å². The zero-order chi connectivity index (χ0) is 11.1. The third-order valence-corrected chi connectivity index (χ3v) is 3.29. The molecule has 1 N–H and O–H groups in total. The second-order valence-electron chi connectivity index (χ2n) is 3.27. The summed E-state index contributed by atoms with van der Waals surface area (Å²) in [6.45, 7) is 2.18. The van der Waals surface area contributed by atoms with E-state index < -0.39 is 0 Å². The van der Waals surface area contributed by atoms with E-state index in [9.17, 15) is 0 Å². The molecule has 0 radical (unpaired) electrons. The van der Waals surface area contributed by atoms with Crippen LogP contribution in [0, 0.1) is 0 Å². The van der Waals surface area contributed by atoms with Crippen LogP contribution in [0.2, 0.25) is 0 Å². The van der Waals surface area contributed by atoms with Crippen LogP contribution in [0.4, 0.5) is 5.82 Å². The van der Waals surface area contributed by atoms with Gasteiger partial charge in [-0.3, -0.25) is 0 Å². The number of nitrogens with zero attached hydrogens (tertiary/aromatic N) is 2. The molecule has 1 aromatic heterocycles. The Morgan fingerprint density at radius 3 is 2.87 bits per heavy atom. The Kier molecular flexibility index (Phi) is 5.86. The van der Waals surface area contributed by atoms with Gasteiger partial charge in [0.15, 0.2) is 0 Å². The van der Waals surface area contributed by atoms with Gasteiger partial charge in [0.25, 0.3) is 0 Å². The standard InChI is InChI=1S/C10H17N3S2/c1-8(4-5-14-2)13-9-6-10(15-3)12-7-11-9/h6-8H,4-5H2,1-3H3,(H,11,12,13). The van der Waals surface area contributed by atoms with E-state index in [-0.39, 0.29) is 0 Å². The Morgan fingerprint density at radius 1 is 1.40 bits per heavy atom. The van der Waals surface area contributed by atoms with E-state index in [4.69, 9.17) is 0 Å². The quantitative estimate of drug-likeness (QED) is 0.614. The van der Waals surface area contributed by atoms with E-state index in [0.29, 0.717) is 6.04 Å². The van der Waals surface area contributed by atoms with Crippen molar-refractivity contribution in [2.45, 2.75) is 24.4 Å². The molecule has 0 saturated carbocycles. The zero-order valence-electron chi connectivity index (χ0n) is 9.36. The molecule has 0 aliphatic heterocycles. The van der Waals surface area contributed by atoms with Crippen LogP contribution in [0.25, 0.3) is 0 Å². The lowest BCUT2D eigenvalue weighted by Crippen LogP contribution is -2.16. The molecule has 3 nitrogen and oxygen atoms in total. The number of nitrogens with one attached hydrogen (secondary N) is 1. The third kappa shape index (κ3) is 4.75. The highest BCUT2D eigenvalue weighted by Gasteiger charge is 2.03. The summed E-state index contributed by atoms with van der Waals surface area (Å²) < 4.78 is 0. The molecular weight excluding hydrogens is 226 g/mol. The van der Waals surface area contributed by atoms with Gasteiger partial charge in [-0.25, -0.2) is 9.97 Å². The molecule has 1 aromatic rings. The van der Waals surface area contributed by atoms with Gasteiger partial charge in [0.1, 0.15) is 17.2 Å². The van der Waals surface area contributed by atoms with Crippen molar-refractivity contribution in [1.82, 2.24) is 9.97 Å². The van der Waals surface area contributed by atoms with Gasteiger partial charge in [-0.2, -0.15) is 11.8 Å². The Bertz CT molecular complexity index is 294. The number of aromatic nitrogens is 2. The molecule has 0 saturated heterocycles. The zero-order valence-corrected chi connectivity index (χ0v) is 11.0. The molecule has 1 rings (SSSR count). The molecule has 1 unspecified atom stereocenters. The highest BCUT2D eigenvalue weighted by atomic mass is 32.2. The van der Waals surface area contributed by atoms with Gasteiger partial charge in [0, 0.05) is 12.1 Å².